The molecule has 1 aromatic carbocycles. The molecule has 0 fully saturated rings. The number of methoxy groups -OCH3 is 1. The minimum Gasteiger partial charge on any atom is -0.496 e. The molecule has 0 amide bonds. The van der Waals surface area contributed by atoms with E-state index in [1.54, 1.807) is 31.5 Å². The van der Waals surface area contributed by atoms with Crippen LogP contribution in [0.1, 0.15) is 11.3 Å². The molecule has 1 unspecified atom stereocenters. The number of hydrogen-bond acceptors (Lipinski definition) is 6. The van der Waals surface area contributed by atoms with Crippen LogP contribution in [-0.2, 0) is 16.6 Å². The van der Waals surface area contributed by atoms with Crippen molar-refractivity contribution in [1.82, 2.24) is 19.9 Å². The Morgan fingerprint density at radius 2 is 1.87 bits per heavy atom. The fourth-order valence-electron chi connectivity index (χ4n) is 2.76. The summed E-state index contributed by atoms with van der Waals surface area (Å²) in [4.78, 5) is 16.0. The van der Waals surface area contributed by atoms with Gasteiger partial charge in [-0.15, -0.1) is 0 Å². The van der Waals surface area contributed by atoms with Crippen LogP contribution in [0.3, 0.4) is 0 Å². The molecule has 149 valence electrons. The van der Waals surface area contributed by atoms with E-state index in [9.17, 15) is 8.60 Å². The maximum Gasteiger partial charge on any atom is 0.221 e. The van der Waals surface area contributed by atoms with Gasteiger partial charge >= 0.3 is 0 Å². The van der Waals surface area contributed by atoms with E-state index in [2.05, 4.69) is 19.9 Å². The zero-order valence-corrected chi connectivity index (χ0v) is 19.5. The SMILES string of the molecule is COc1ccnc(CS(=O)c2nc3nc(Oc4ccc(F)cc4)ccc3[nH]2)c1C.[Na]. The molecule has 0 saturated heterocycles. The fraction of sp³-hybridized carbons (Fsp3) is 0.150. The van der Waals surface area contributed by atoms with E-state index < -0.39 is 10.8 Å². The normalized spacial score (nSPS) is 11.7. The summed E-state index contributed by atoms with van der Waals surface area (Å²) >= 11 is 0. The zero-order chi connectivity index (χ0) is 20.4. The second kappa shape index (κ2) is 9.65. The van der Waals surface area contributed by atoms with Crippen molar-refractivity contribution in [2.75, 3.05) is 7.11 Å². The summed E-state index contributed by atoms with van der Waals surface area (Å²) in [6, 6.07) is 10.8. The van der Waals surface area contributed by atoms with E-state index in [0.29, 0.717) is 39.4 Å². The summed E-state index contributed by atoms with van der Waals surface area (Å²) in [7, 11) is 0.141. The number of nitrogens with zero attached hydrogens (tertiary/aromatic N) is 3. The Balaban J connectivity index is 0.00000256. The Kier molecular flexibility index (Phi) is 7.19. The number of ether oxygens (including phenoxy) is 2. The second-order valence-corrected chi connectivity index (χ2v) is 7.56. The van der Waals surface area contributed by atoms with Crippen LogP contribution in [0.5, 0.6) is 17.4 Å². The molecule has 1 N–H and O–H groups in total. The number of rotatable bonds is 6. The number of fused-ring (bicyclic) bond motifs is 1. The molecule has 30 heavy (non-hydrogen) atoms. The quantitative estimate of drug-likeness (QED) is 0.466. The smallest absolute Gasteiger partial charge is 0.221 e. The zero-order valence-electron chi connectivity index (χ0n) is 16.7. The summed E-state index contributed by atoms with van der Waals surface area (Å²) in [5, 5.41) is 0.301. The van der Waals surface area contributed by atoms with E-state index in [1.807, 2.05) is 6.92 Å². The molecule has 0 aliphatic carbocycles. The number of imidazole rings is 1. The predicted octanol–water partition coefficient (Wildman–Crippen LogP) is 3.53. The Hall–Kier alpha value is -2.33. The number of aromatic nitrogens is 4. The Morgan fingerprint density at radius 1 is 1.10 bits per heavy atom. The van der Waals surface area contributed by atoms with Crippen LogP contribution >= 0.6 is 0 Å². The first-order valence-electron chi connectivity index (χ1n) is 8.70. The third-order valence-corrected chi connectivity index (χ3v) is 5.46. The van der Waals surface area contributed by atoms with Crippen LogP contribution in [-0.4, -0.2) is 60.8 Å². The molecule has 3 aromatic heterocycles. The minimum absolute atomic E-state index is 0. The summed E-state index contributed by atoms with van der Waals surface area (Å²) in [5.74, 6) is 1.30. The van der Waals surface area contributed by atoms with Crippen molar-refractivity contribution in [3.05, 3.63) is 65.7 Å². The van der Waals surface area contributed by atoms with Crippen LogP contribution in [0.15, 0.2) is 53.8 Å². The molecule has 10 heteroatoms. The van der Waals surface area contributed by atoms with Crippen LogP contribution in [0, 0.1) is 12.7 Å². The summed E-state index contributed by atoms with van der Waals surface area (Å²) < 4.78 is 36.7. The van der Waals surface area contributed by atoms with Gasteiger partial charge in [0.1, 0.15) is 17.3 Å². The summed E-state index contributed by atoms with van der Waals surface area (Å²) in [5.41, 5.74) is 2.53. The molecule has 4 rings (SSSR count). The molecule has 7 nitrogen and oxygen atoms in total. The molecule has 0 saturated carbocycles. The summed E-state index contributed by atoms with van der Waals surface area (Å²) in [6.07, 6.45) is 1.62. The predicted molar refractivity (Wildman–Crippen MR) is 112 cm³/mol. The third kappa shape index (κ3) is 4.86. The average Bonchev–Trinajstić information content (AvgIpc) is 3.15. The van der Waals surface area contributed by atoms with Gasteiger partial charge in [0.05, 0.1) is 34.9 Å². The minimum atomic E-state index is -1.44. The van der Waals surface area contributed by atoms with Crippen LogP contribution in [0.4, 0.5) is 4.39 Å². The summed E-state index contributed by atoms with van der Waals surface area (Å²) in [6.45, 7) is 1.87. The maximum absolute atomic E-state index is 13.0. The molecular formula is C20H17FN4NaO3S. The van der Waals surface area contributed by atoms with Gasteiger partial charge in [-0.2, -0.15) is 4.98 Å². The Labute approximate surface area is 196 Å². The van der Waals surface area contributed by atoms with Crippen molar-refractivity contribution in [3.8, 4) is 17.4 Å². The number of H-pyrrole nitrogens is 1. The van der Waals surface area contributed by atoms with E-state index in [0.717, 1.165) is 5.56 Å². The largest absolute Gasteiger partial charge is 0.496 e. The number of aromatic amines is 1. The number of nitrogens with one attached hydrogen (secondary N) is 1. The number of hydrogen-bond donors (Lipinski definition) is 1. The van der Waals surface area contributed by atoms with E-state index in [4.69, 9.17) is 9.47 Å². The monoisotopic (exact) mass is 435 g/mol. The molecule has 3 heterocycles. The average molecular weight is 435 g/mol. The Bertz CT molecular complexity index is 1200. The number of pyridine rings is 2. The van der Waals surface area contributed by atoms with E-state index in [1.165, 1.54) is 24.3 Å². The standard InChI is InChI=1S/C20H17FN4O3S.Na/c1-12-16(22-10-9-17(12)27-2)11-29(26)20-23-15-7-8-18(24-19(15)25-20)28-14-5-3-13(21)4-6-14;/h3-10H,11H2,1-2H3,(H,23,24,25);. The van der Waals surface area contributed by atoms with Gasteiger partial charge < -0.3 is 14.5 Å². The van der Waals surface area contributed by atoms with Crippen molar-refractivity contribution in [3.63, 3.8) is 0 Å². The molecule has 0 aliphatic heterocycles. The van der Waals surface area contributed by atoms with Crippen molar-refractivity contribution in [1.29, 1.82) is 0 Å². The first-order chi connectivity index (χ1) is 14.0. The van der Waals surface area contributed by atoms with Gasteiger partial charge in [-0.1, -0.05) is 0 Å². The van der Waals surface area contributed by atoms with Gasteiger partial charge in [-0.25, -0.2) is 9.37 Å². The van der Waals surface area contributed by atoms with Crippen molar-refractivity contribution in [2.45, 2.75) is 17.8 Å². The number of halogens is 1. The van der Waals surface area contributed by atoms with Gasteiger partial charge in [-0.05, 0) is 43.3 Å². The third-order valence-electron chi connectivity index (χ3n) is 4.30. The molecule has 1 radical (unpaired) electrons. The van der Waals surface area contributed by atoms with Crippen molar-refractivity contribution in [2.24, 2.45) is 0 Å². The van der Waals surface area contributed by atoms with E-state index >= 15 is 0 Å². The maximum atomic E-state index is 13.0. The van der Waals surface area contributed by atoms with Crippen molar-refractivity contribution >= 4 is 51.5 Å². The first-order valence-corrected chi connectivity index (χ1v) is 10.0. The molecule has 0 bridgehead atoms. The topological polar surface area (TPSA) is 90.0 Å². The van der Waals surface area contributed by atoms with Crippen LogP contribution in [0.25, 0.3) is 11.2 Å². The van der Waals surface area contributed by atoms with Crippen LogP contribution in [0.2, 0.25) is 0 Å². The molecule has 0 spiro atoms. The van der Waals surface area contributed by atoms with Gasteiger partial charge in [0, 0.05) is 47.4 Å². The van der Waals surface area contributed by atoms with Gasteiger partial charge in [-0.3, -0.25) is 9.19 Å². The van der Waals surface area contributed by atoms with Crippen LogP contribution < -0.4 is 9.47 Å². The first kappa shape index (κ1) is 22.4. The second-order valence-electron chi connectivity index (χ2n) is 6.19. The number of benzene rings is 1. The molecular weight excluding hydrogens is 418 g/mol. The van der Waals surface area contributed by atoms with Gasteiger partial charge in [0.2, 0.25) is 5.88 Å². The van der Waals surface area contributed by atoms with E-state index in [-0.39, 0.29) is 41.1 Å². The van der Waals surface area contributed by atoms with Gasteiger partial charge in [0.15, 0.2) is 10.8 Å². The Morgan fingerprint density at radius 3 is 2.60 bits per heavy atom. The molecule has 4 aromatic rings. The molecule has 0 aliphatic rings. The fourth-order valence-corrected chi connectivity index (χ4v) is 3.85. The van der Waals surface area contributed by atoms with Gasteiger partial charge in [0.25, 0.3) is 0 Å². The van der Waals surface area contributed by atoms with Crippen molar-refractivity contribution < 1.29 is 18.1 Å². The molecule has 1 atom stereocenters.